The van der Waals surface area contributed by atoms with Crippen LogP contribution in [0.3, 0.4) is 0 Å². The highest BCUT2D eigenvalue weighted by Crippen LogP contribution is 2.18. The van der Waals surface area contributed by atoms with Gasteiger partial charge in [-0.05, 0) is 18.7 Å². The normalized spacial score (nSPS) is 12.3. The van der Waals surface area contributed by atoms with Crippen molar-refractivity contribution in [2.75, 3.05) is 27.3 Å². The van der Waals surface area contributed by atoms with Crippen molar-refractivity contribution in [3.05, 3.63) is 65.7 Å². The van der Waals surface area contributed by atoms with E-state index in [1.165, 1.54) is 5.56 Å². The quantitative estimate of drug-likeness (QED) is 0.772. The van der Waals surface area contributed by atoms with Crippen LogP contribution >= 0.6 is 0 Å². The van der Waals surface area contributed by atoms with Crippen molar-refractivity contribution in [3.63, 3.8) is 0 Å². The van der Waals surface area contributed by atoms with Gasteiger partial charge in [0.25, 0.3) is 0 Å². The Balaban J connectivity index is 1.71. The molecule has 0 aliphatic heterocycles. The fourth-order valence-electron chi connectivity index (χ4n) is 2.50. The number of hydrogen-bond donors (Lipinski definition) is 1. The van der Waals surface area contributed by atoms with Gasteiger partial charge in [0.1, 0.15) is 5.75 Å². The minimum atomic E-state index is -0.515. The molecule has 1 atom stereocenters. The van der Waals surface area contributed by atoms with Gasteiger partial charge >= 0.3 is 0 Å². The molecule has 124 valence electrons. The van der Waals surface area contributed by atoms with Gasteiger partial charge in [-0.25, -0.2) is 0 Å². The van der Waals surface area contributed by atoms with Crippen LogP contribution in [0.2, 0.25) is 0 Å². The molecule has 23 heavy (non-hydrogen) atoms. The van der Waals surface area contributed by atoms with E-state index in [1.807, 2.05) is 49.5 Å². The molecule has 4 heteroatoms. The third-order valence-corrected chi connectivity index (χ3v) is 3.58. The van der Waals surface area contributed by atoms with Crippen LogP contribution in [0.4, 0.5) is 0 Å². The first-order valence-corrected chi connectivity index (χ1v) is 7.79. The molecule has 0 amide bonds. The maximum absolute atomic E-state index is 10.1. The lowest BCUT2D eigenvalue weighted by atomic mass is 10.2. The SMILES string of the molecule is COc1ccccc1COC[C@H](O)CN(C)Cc1ccccc1. The first-order chi connectivity index (χ1) is 11.2. The second kappa shape index (κ2) is 9.30. The summed E-state index contributed by atoms with van der Waals surface area (Å²) in [5, 5.41) is 10.1. The number of likely N-dealkylation sites (N-methyl/N-ethyl adjacent to an activating group) is 1. The molecule has 0 aliphatic carbocycles. The summed E-state index contributed by atoms with van der Waals surface area (Å²) in [5.41, 5.74) is 2.22. The standard InChI is InChI=1S/C19H25NO3/c1-20(12-16-8-4-3-5-9-16)13-18(21)15-23-14-17-10-6-7-11-19(17)22-2/h3-11,18,21H,12-15H2,1-2H3/t18-/m1/s1. The largest absolute Gasteiger partial charge is 0.496 e. The van der Waals surface area contributed by atoms with Crippen LogP contribution < -0.4 is 4.74 Å². The van der Waals surface area contributed by atoms with Crippen molar-refractivity contribution < 1.29 is 14.6 Å². The van der Waals surface area contributed by atoms with Crippen LogP contribution in [0.5, 0.6) is 5.75 Å². The Morgan fingerprint density at radius 2 is 1.74 bits per heavy atom. The lowest BCUT2D eigenvalue weighted by Gasteiger charge is -2.20. The molecule has 2 aromatic carbocycles. The Bertz CT molecular complexity index is 574. The first kappa shape index (κ1) is 17.5. The number of hydrogen-bond acceptors (Lipinski definition) is 4. The Kier molecular flexibility index (Phi) is 7.07. The summed E-state index contributed by atoms with van der Waals surface area (Å²) in [6.07, 6.45) is -0.515. The molecule has 2 aromatic rings. The van der Waals surface area contributed by atoms with E-state index in [4.69, 9.17) is 9.47 Å². The molecule has 0 aliphatic rings. The van der Waals surface area contributed by atoms with Crippen LogP contribution in [0, 0.1) is 0 Å². The summed E-state index contributed by atoms with van der Waals surface area (Å²) in [5.74, 6) is 0.809. The van der Waals surface area contributed by atoms with Crippen molar-refractivity contribution in [1.82, 2.24) is 4.90 Å². The monoisotopic (exact) mass is 315 g/mol. The number of benzene rings is 2. The molecule has 0 heterocycles. The summed E-state index contributed by atoms with van der Waals surface area (Å²) >= 11 is 0. The third kappa shape index (κ3) is 6.02. The highest BCUT2D eigenvalue weighted by Gasteiger charge is 2.10. The Hall–Kier alpha value is -1.88. The van der Waals surface area contributed by atoms with Gasteiger partial charge in [-0.3, -0.25) is 4.90 Å². The molecular formula is C19H25NO3. The molecule has 1 N–H and O–H groups in total. The van der Waals surface area contributed by atoms with Gasteiger partial charge in [0.2, 0.25) is 0 Å². The first-order valence-electron chi connectivity index (χ1n) is 7.79. The zero-order chi connectivity index (χ0) is 16.5. The van der Waals surface area contributed by atoms with E-state index < -0.39 is 6.10 Å². The second-order valence-corrected chi connectivity index (χ2v) is 5.66. The van der Waals surface area contributed by atoms with Crippen LogP contribution in [0.25, 0.3) is 0 Å². The predicted octanol–water partition coefficient (Wildman–Crippen LogP) is 2.70. The molecule has 0 radical (unpaired) electrons. The molecule has 0 fully saturated rings. The number of rotatable bonds is 9. The number of aliphatic hydroxyl groups excluding tert-OH is 1. The van der Waals surface area contributed by atoms with Crippen LogP contribution in [-0.2, 0) is 17.9 Å². The fraction of sp³-hybridized carbons (Fsp3) is 0.368. The molecule has 0 spiro atoms. The van der Waals surface area contributed by atoms with Crippen LogP contribution in [0.1, 0.15) is 11.1 Å². The van der Waals surface area contributed by atoms with Gasteiger partial charge in [-0.2, -0.15) is 0 Å². The number of para-hydroxylation sites is 1. The smallest absolute Gasteiger partial charge is 0.124 e. The summed E-state index contributed by atoms with van der Waals surface area (Å²) in [4.78, 5) is 2.09. The van der Waals surface area contributed by atoms with Crippen molar-refractivity contribution in [2.24, 2.45) is 0 Å². The lowest BCUT2D eigenvalue weighted by Crippen LogP contribution is -2.31. The van der Waals surface area contributed by atoms with E-state index in [1.54, 1.807) is 7.11 Å². The van der Waals surface area contributed by atoms with Crippen molar-refractivity contribution in [1.29, 1.82) is 0 Å². The van der Waals surface area contributed by atoms with Crippen LogP contribution in [-0.4, -0.2) is 43.4 Å². The predicted molar refractivity (Wildman–Crippen MR) is 91.4 cm³/mol. The minimum Gasteiger partial charge on any atom is -0.496 e. The second-order valence-electron chi connectivity index (χ2n) is 5.66. The molecule has 0 unspecified atom stereocenters. The number of aliphatic hydroxyl groups is 1. The van der Waals surface area contributed by atoms with Gasteiger partial charge in [0.05, 0.1) is 26.4 Å². The zero-order valence-electron chi connectivity index (χ0n) is 13.8. The fourth-order valence-corrected chi connectivity index (χ4v) is 2.50. The summed E-state index contributed by atoms with van der Waals surface area (Å²) in [6, 6.07) is 18.0. The maximum atomic E-state index is 10.1. The number of nitrogens with zero attached hydrogens (tertiary/aromatic N) is 1. The van der Waals surface area contributed by atoms with Gasteiger partial charge in [-0.1, -0.05) is 48.5 Å². The van der Waals surface area contributed by atoms with Gasteiger partial charge in [0.15, 0.2) is 0 Å². The van der Waals surface area contributed by atoms with Crippen molar-refractivity contribution >= 4 is 0 Å². The molecule has 0 aromatic heterocycles. The third-order valence-electron chi connectivity index (χ3n) is 3.58. The maximum Gasteiger partial charge on any atom is 0.124 e. The summed E-state index contributed by atoms with van der Waals surface area (Å²) in [7, 11) is 3.64. The van der Waals surface area contributed by atoms with Crippen molar-refractivity contribution in [3.8, 4) is 5.75 Å². The molecule has 4 nitrogen and oxygen atoms in total. The average molecular weight is 315 g/mol. The Morgan fingerprint density at radius 3 is 2.48 bits per heavy atom. The minimum absolute atomic E-state index is 0.303. The highest BCUT2D eigenvalue weighted by molar-refractivity contribution is 5.32. The van der Waals surface area contributed by atoms with E-state index >= 15 is 0 Å². The average Bonchev–Trinajstić information content (AvgIpc) is 2.56. The molecular weight excluding hydrogens is 290 g/mol. The number of ether oxygens (including phenoxy) is 2. The summed E-state index contributed by atoms with van der Waals surface area (Å²) in [6.45, 7) is 2.12. The molecule has 0 bridgehead atoms. The molecule has 2 rings (SSSR count). The lowest BCUT2D eigenvalue weighted by molar-refractivity contribution is 0.0122. The van der Waals surface area contributed by atoms with E-state index in [9.17, 15) is 5.11 Å². The van der Waals surface area contributed by atoms with E-state index in [0.29, 0.717) is 19.8 Å². The Morgan fingerprint density at radius 1 is 1.04 bits per heavy atom. The number of methoxy groups -OCH3 is 1. The van der Waals surface area contributed by atoms with Gasteiger partial charge < -0.3 is 14.6 Å². The summed E-state index contributed by atoms with van der Waals surface area (Å²) < 4.78 is 10.9. The van der Waals surface area contributed by atoms with Gasteiger partial charge in [0, 0.05) is 18.7 Å². The van der Waals surface area contributed by atoms with E-state index in [-0.39, 0.29) is 0 Å². The van der Waals surface area contributed by atoms with Crippen LogP contribution in [0.15, 0.2) is 54.6 Å². The molecule has 0 saturated carbocycles. The van der Waals surface area contributed by atoms with E-state index in [0.717, 1.165) is 17.9 Å². The topological polar surface area (TPSA) is 41.9 Å². The Labute approximate surface area is 138 Å². The highest BCUT2D eigenvalue weighted by atomic mass is 16.5. The van der Waals surface area contributed by atoms with Gasteiger partial charge in [-0.15, -0.1) is 0 Å². The van der Waals surface area contributed by atoms with Crippen molar-refractivity contribution in [2.45, 2.75) is 19.3 Å². The zero-order valence-corrected chi connectivity index (χ0v) is 13.8. The van der Waals surface area contributed by atoms with E-state index in [2.05, 4.69) is 17.0 Å². The molecule has 0 saturated heterocycles.